The van der Waals surface area contributed by atoms with E-state index in [0.717, 1.165) is 6.42 Å². The maximum Gasteiger partial charge on any atom is 0.170 e. The van der Waals surface area contributed by atoms with Crippen LogP contribution in [0.1, 0.15) is 50.9 Å². The molecule has 1 aromatic rings. The van der Waals surface area contributed by atoms with Crippen molar-refractivity contribution < 1.29 is 19.1 Å². The molecule has 0 fully saturated rings. The maximum absolute atomic E-state index is 12.2. The van der Waals surface area contributed by atoms with E-state index >= 15 is 0 Å². The van der Waals surface area contributed by atoms with E-state index in [1.165, 1.54) is 0 Å². The second-order valence-corrected chi connectivity index (χ2v) is 4.90. The van der Waals surface area contributed by atoms with Crippen LogP contribution in [-0.2, 0) is 4.79 Å². The topological polar surface area (TPSA) is 52.6 Å². The standard InChI is InChI=1S/C17H24O4/c1-5-12(4)14(18)11-15(19)13-8-9-16(20-6-2)17(10-13)21-7-3/h8-10,12H,5-7,11H2,1-4H3. The lowest BCUT2D eigenvalue weighted by atomic mass is 9.96. The highest BCUT2D eigenvalue weighted by atomic mass is 16.5. The highest BCUT2D eigenvalue weighted by Gasteiger charge is 2.18. The predicted octanol–water partition coefficient (Wildman–Crippen LogP) is 3.67. The molecule has 0 aromatic heterocycles. The van der Waals surface area contributed by atoms with Crippen molar-refractivity contribution in [2.45, 2.75) is 40.5 Å². The van der Waals surface area contributed by atoms with Crippen LogP contribution in [0.5, 0.6) is 11.5 Å². The van der Waals surface area contributed by atoms with Gasteiger partial charge in [-0.3, -0.25) is 9.59 Å². The first-order valence-corrected chi connectivity index (χ1v) is 7.48. The summed E-state index contributed by atoms with van der Waals surface area (Å²) in [5, 5.41) is 0. The Morgan fingerprint density at radius 1 is 1.05 bits per heavy atom. The van der Waals surface area contributed by atoms with E-state index in [2.05, 4.69) is 0 Å². The van der Waals surface area contributed by atoms with Crippen molar-refractivity contribution in [2.75, 3.05) is 13.2 Å². The van der Waals surface area contributed by atoms with Gasteiger partial charge >= 0.3 is 0 Å². The van der Waals surface area contributed by atoms with Crippen LogP contribution in [0, 0.1) is 5.92 Å². The van der Waals surface area contributed by atoms with Gasteiger partial charge in [-0.25, -0.2) is 0 Å². The number of ketones is 2. The molecule has 0 saturated heterocycles. The molecule has 1 unspecified atom stereocenters. The second-order valence-electron chi connectivity index (χ2n) is 4.90. The molecule has 0 aliphatic rings. The van der Waals surface area contributed by atoms with Crippen molar-refractivity contribution in [3.63, 3.8) is 0 Å². The minimum Gasteiger partial charge on any atom is -0.490 e. The number of hydrogen-bond donors (Lipinski definition) is 0. The molecule has 0 heterocycles. The SMILES string of the molecule is CCOc1ccc(C(=O)CC(=O)C(C)CC)cc1OCC. The van der Waals surface area contributed by atoms with Gasteiger partial charge in [-0.15, -0.1) is 0 Å². The largest absolute Gasteiger partial charge is 0.490 e. The van der Waals surface area contributed by atoms with Crippen molar-refractivity contribution in [1.82, 2.24) is 0 Å². The number of carbonyl (C=O) groups is 2. The lowest BCUT2D eigenvalue weighted by molar-refractivity contribution is -0.121. The molecule has 1 aromatic carbocycles. The normalized spacial score (nSPS) is 11.8. The third-order valence-corrected chi connectivity index (χ3v) is 3.36. The fraction of sp³-hybridized carbons (Fsp3) is 0.529. The van der Waals surface area contributed by atoms with Crippen LogP contribution in [0.2, 0.25) is 0 Å². The van der Waals surface area contributed by atoms with E-state index in [0.29, 0.717) is 30.3 Å². The zero-order valence-electron chi connectivity index (χ0n) is 13.3. The zero-order chi connectivity index (χ0) is 15.8. The van der Waals surface area contributed by atoms with Gasteiger partial charge in [-0.2, -0.15) is 0 Å². The zero-order valence-corrected chi connectivity index (χ0v) is 13.3. The van der Waals surface area contributed by atoms with E-state index in [1.807, 2.05) is 27.7 Å². The molecule has 21 heavy (non-hydrogen) atoms. The summed E-state index contributed by atoms with van der Waals surface area (Å²) in [4.78, 5) is 24.0. The van der Waals surface area contributed by atoms with Gasteiger partial charge in [0.15, 0.2) is 17.3 Å². The highest BCUT2D eigenvalue weighted by Crippen LogP contribution is 2.29. The summed E-state index contributed by atoms with van der Waals surface area (Å²) in [6, 6.07) is 5.05. The molecule has 0 saturated carbocycles. The summed E-state index contributed by atoms with van der Waals surface area (Å²) in [5.74, 6) is 0.881. The molecule has 0 aliphatic heterocycles. The molecule has 0 amide bonds. The van der Waals surface area contributed by atoms with E-state index in [4.69, 9.17) is 9.47 Å². The number of hydrogen-bond acceptors (Lipinski definition) is 4. The molecular formula is C17H24O4. The highest BCUT2D eigenvalue weighted by molar-refractivity contribution is 6.08. The average molecular weight is 292 g/mol. The molecule has 0 radical (unpaired) electrons. The number of rotatable bonds is 9. The van der Waals surface area contributed by atoms with Gasteiger partial charge in [-0.1, -0.05) is 13.8 Å². The van der Waals surface area contributed by atoms with Crippen LogP contribution >= 0.6 is 0 Å². The summed E-state index contributed by atoms with van der Waals surface area (Å²) >= 11 is 0. The van der Waals surface area contributed by atoms with Crippen LogP contribution in [0.3, 0.4) is 0 Å². The molecule has 0 N–H and O–H groups in total. The Labute approximate surface area is 126 Å². The molecule has 4 heteroatoms. The fourth-order valence-electron chi connectivity index (χ4n) is 1.89. The van der Waals surface area contributed by atoms with E-state index in [9.17, 15) is 9.59 Å². The maximum atomic E-state index is 12.2. The number of ether oxygens (including phenoxy) is 2. The monoisotopic (exact) mass is 292 g/mol. The minimum atomic E-state index is -0.177. The predicted molar refractivity (Wildman–Crippen MR) is 82.2 cm³/mol. The van der Waals surface area contributed by atoms with Crippen molar-refractivity contribution in [1.29, 1.82) is 0 Å². The average Bonchev–Trinajstić information content (AvgIpc) is 2.48. The smallest absolute Gasteiger partial charge is 0.170 e. The van der Waals surface area contributed by atoms with Gasteiger partial charge in [-0.05, 0) is 38.5 Å². The molecule has 0 bridgehead atoms. The summed E-state index contributed by atoms with van der Waals surface area (Å²) in [7, 11) is 0. The third-order valence-electron chi connectivity index (χ3n) is 3.36. The summed E-state index contributed by atoms with van der Waals surface area (Å²) in [6.45, 7) is 8.57. The van der Waals surface area contributed by atoms with Crippen molar-refractivity contribution >= 4 is 11.6 Å². The Bertz CT molecular complexity index is 494. The molecule has 1 rings (SSSR count). The van der Waals surface area contributed by atoms with Crippen LogP contribution in [0.4, 0.5) is 0 Å². The van der Waals surface area contributed by atoms with Crippen molar-refractivity contribution in [2.24, 2.45) is 5.92 Å². The van der Waals surface area contributed by atoms with Gasteiger partial charge in [0.2, 0.25) is 0 Å². The molecule has 0 aliphatic carbocycles. The third kappa shape index (κ3) is 4.88. The Kier molecular flexibility index (Phi) is 6.92. The van der Waals surface area contributed by atoms with E-state index in [-0.39, 0.29) is 23.9 Å². The summed E-state index contributed by atoms with van der Waals surface area (Å²) < 4.78 is 10.9. The number of benzene rings is 1. The molecule has 0 spiro atoms. The van der Waals surface area contributed by atoms with Crippen molar-refractivity contribution in [3.8, 4) is 11.5 Å². The van der Waals surface area contributed by atoms with Crippen LogP contribution in [0.25, 0.3) is 0 Å². The van der Waals surface area contributed by atoms with Gasteiger partial charge in [0, 0.05) is 11.5 Å². The lowest BCUT2D eigenvalue weighted by Crippen LogP contribution is -2.15. The Morgan fingerprint density at radius 2 is 1.67 bits per heavy atom. The minimum absolute atomic E-state index is 0.0191. The number of Topliss-reactive ketones (excluding diaryl/α,β-unsaturated/α-hetero) is 2. The van der Waals surface area contributed by atoms with Crippen LogP contribution in [-0.4, -0.2) is 24.8 Å². The Morgan fingerprint density at radius 3 is 2.24 bits per heavy atom. The lowest BCUT2D eigenvalue weighted by Gasteiger charge is -2.12. The van der Waals surface area contributed by atoms with Crippen LogP contribution in [0.15, 0.2) is 18.2 Å². The molecule has 4 nitrogen and oxygen atoms in total. The Hall–Kier alpha value is -1.84. The molecule has 1 atom stereocenters. The van der Waals surface area contributed by atoms with Gasteiger partial charge < -0.3 is 9.47 Å². The molecule has 116 valence electrons. The van der Waals surface area contributed by atoms with Crippen molar-refractivity contribution in [3.05, 3.63) is 23.8 Å². The fourth-order valence-corrected chi connectivity index (χ4v) is 1.89. The van der Waals surface area contributed by atoms with E-state index in [1.54, 1.807) is 18.2 Å². The van der Waals surface area contributed by atoms with Crippen LogP contribution < -0.4 is 9.47 Å². The summed E-state index contributed by atoms with van der Waals surface area (Å²) in [5.41, 5.74) is 0.485. The quantitative estimate of drug-likeness (QED) is 0.514. The molecular weight excluding hydrogens is 268 g/mol. The van der Waals surface area contributed by atoms with Gasteiger partial charge in [0.05, 0.1) is 19.6 Å². The first-order chi connectivity index (χ1) is 10.0. The van der Waals surface area contributed by atoms with E-state index < -0.39 is 0 Å². The number of carbonyl (C=O) groups excluding carboxylic acids is 2. The Balaban J connectivity index is 2.89. The second kappa shape index (κ2) is 8.45. The summed E-state index contributed by atoms with van der Waals surface area (Å²) in [6.07, 6.45) is 0.689. The van der Waals surface area contributed by atoms with Gasteiger partial charge in [0.25, 0.3) is 0 Å². The first-order valence-electron chi connectivity index (χ1n) is 7.48. The first kappa shape index (κ1) is 17.2. The van der Waals surface area contributed by atoms with Gasteiger partial charge in [0.1, 0.15) is 5.78 Å².